The smallest absolute Gasteiger partial charge is 0.329 e. The number of rotatable bonds is 5. The van der Waals surface area contributed by atoms with Gasteiger partial charge in [0.2, 0.25) is 4.77 Å². The second kappa shape index (κ2) is 6.02. The molecule has 0 fully saturated rings. The van der Waals surface area contributed by atoms with Crippen molar-refractivity contribution in [2.45, 2.75) is 19.1 Å². The first kappa shape index (κ1) is 15.1. The van der Waals surface area contributed by atoms with E-state index >= 15 is 0 Å². The van der Waals surface area contributed by atoms with Gasteiger partial charge in [-0.2, -0.15) is 5.21 Å². The summed E-state index contributed by atoms with van der Waals surface area (Å²) in [4.78, 5) is 12.8. The first-order valence-electron chi connectivity index (χ1n) is 6.16. The highest BCUT2D eigenvalue weighted by atomic mass is 32.1. The quantitative estimate of drug-likeness (QED) is 0.694. The number of tetrazole rings is 1. The Kier molecular flexibility index (Phi) is 4.34. The van der Waals surface area contributed by atoms with E-state index in [0.717, 1.165) is 0 Å². The number of likely N-dealkylation sites (N-methyl/N-ethyl adjacent to an activating group) is 1. The molecule has 8 nitrogen and oxygen atoms in total. The Balaban J connectivity index is 2.39. The Labute approximate surface area is 125 Å². The van der Waals surface area contributed by atoms with Gasteiger partial charge in [0.15, 0.2) is 6.04 Å². The predicted octanol–water partition coefficient (Wildman–Crippen LogP) is 0.595. The molecule has 0 radical (unpaired) electrons. The summed E-state index contributed by atoms with van der Waals surface area (Å²) >= 11 is 5.02. The number of carboxylic acid groups (broad SMARTS) is 1. The van der Waals surface area contributed by atoms with Gasteiger partial charge in [0.25, 0.3) is 0 Å². The molecule has 1 aromatic heterocycles. The van der Waals surface area contributed by atoms with E-state index in [0.29, 0.717) is 11.4 Å². The second-order valence-electron chi connectivity index (χ2n) is 4.57. The van der Waals surface area contributed by atoms with Crippen molar-refractivity contribution in [2.75, 3.05) is 11.9 Å². The maximum Gasteiger partial charge on any atom is 0.329 e. The van der Waals surface area contributed by atoms with Crippen LogP contribution in [0.25, 0.3) is 5.69 Å². The summed E-state index contributed by atoms with van der Waals surface area (Å²) < 4.78 is 1.75. The highest BCUT2D eigenvalue weighted by Gasteiger charge is 2.28. The van der Waals surface area contributed by atoms with Gasteiger partial charge in [-0.05, 0) is 37.3 Å². The van der Waals surface area contributed by atoms with Crippen molar-refractivity contribution in [3.05, 3.63) is 29.0 Å². The van der Waals surface area contributed by atoms with Crippen LogP contribution < -0.4 is 4.90 Å². The standard InChI is InChI=1S/C12H15N5O3S/c1-7(18)10(11(19)20)16(2)8-4-3-5-9(6-8)17-12(21)13-14-15-17/h3-7,10,18H,1-2H3,(H,19,20)(H,13,15,21). The van der Waals surface area contributed by atoms with Crippen LogP contribution in [-0.2, 0) is 4.79 Å². The molecule has 1 aromatic carbocycles. The van der Waals surface area contributed by atoms with E-state index in [1.54, 1.807) is 31.3 Å². The lowest BCUT2D eigenvalue weighted by Gasteiger charge is -2.29. The lowest BCUT2D eigenvalue weighted by atomic mass is 10.1. The number of benzene rings is 1. The molecule has 0 aliphatic heterocycles. The number of carbonyl (C=O) groups is 1. The normalized spacial score (nSPS) is 13.7. The Morgan fingerprint density at radius 1 is 1.52 bits per heavy atom. The van der Waals surface area contributed by atoms with Crippen molar-refractivity contribution in [2.24, 2.45) is 0 Å². The number of carboxylic acids is 1. The molecule has 0 aliphatic carbocycles. The van der Waals surface area contributed by atoms with Crippen LogP contribution in [0.2, 0.25) is 0 Å². The SMILES string of the molecule is CC(O)C(C(=O)O)N(C)c1cccc(-n2[nH]nnc2=S)c1. The van der Waals surface area contributed by atoms with E-state index in [4.69, 9.17) is 12.2 Å². The van der Waals surface area contributed by atoms with Crippen molar-refractivity contribution in [1.82, 2.24) is 20.2 Å². The number of nitrogens with zero attached hydrogens (tertiary/aromatic N) is 4. The first-order valence-corrected chi connectivity index (χ1v) is 6.57. The molecular formula is C12H15N5O3S. The van der Waals surface area contributed by atoms with Crippen molar-refractivity contribution in [3.8, 4) is 5.69 Å². The van der Waals surface area contributed by atoms with Gasteiger partial charge >= 0.3 is 5.97 Å². The average molecular weight is 309 g/mol. The maximum absolute atomic E-state index is 11.3. The zero-order valence-corrected chi connectivity index (χ0v) is 12.3. The van der Waals surface area contributed by atoms with Gasteiger partial charge in [-0.1, -0.05) is 16.4 Å². The number of aliphatic carboxylic acids is 1. The maximum atomic E-state index is 11.3. The minimum Gasteiger partial charge on any atom is -0.480 e. The molecule has 21 heavy (non-hydrogen) atoms. The zero-order valence-electron chi connectivity index (χ0n) is 11.5. The molecule has 3 N–H and O–H groups in total. The summed E-state index contributed by atoms with van der Waals surface area (Å²) in [6.07, 6.45) is -1.02. The molecule has 0 spiro atoms. The average Bonchev–Trinajstić information content (AvgIpc) is 2.84. The van der Waals surface area contributed by atoms with Gasteiger partial charge < -0.3 is 15.1 Å². The largest absolute Gasteiger partial charge is 0.480 e. The fraction of sp³-hybridized carbons (Fsp3) is 0.333. The van der Waals surface area contributed by atoms with E-state index in [2.05, 4.69) is 15.5 Å². The highest BCUT2D eigenvalue weighted by Crippen LogP contribution is 2.20. The van der Waals surface area contributed by atoms with Crippen LogP contribution >= 0.6 is 12.2 Å². The van der Waals surface area contributed by atoms with Crippen molar-refractivity contribution >= 4 is 23.9 Å². The van der Waals surface area contributed by atoms with Crippen molar-refractivity contribution < 1.29 is 15.0 Å². The number of aliphatic hydroxyl groups excluding tert-OH is 1. The van der Waals surface area contributed by atoms with E-state index in [-0.39, 0.29) is 4.77 Å². The summed E-state index contributed by atoms with van der Waals surface area (Å²) in [5, 5.41) is 28.8. The third kappa shape index (κ3) is 3.09. The summed E-state index contributed by atoms with van der Waals surface area (Å²) in [6, 6.07) is 5.96. The Bertz CT molecular complexity index is 696. The monoisotopic (exact) mass is 309 g/mol. The Morgan fingerprint density at radius 3 is 2.76 bits per heavy atom. The fourth-order valence-corrected chi connectivity index (χ4v) is 2.26. The molecule has 0 saturated heterocycles. The highest BCUT2D eigenvalue weighted by molar-refractivity contribution is 7.71. The number of nitrogens with one attached hydrogen (secondary N) is 1. The molecule has 112 valence electrons. The summed E-state index contributed by atoms with van der Waals surface area (Å²) in [7, 11) is 1.61. The van der Waals surface area contributed by atoms with Gasteiger partial charge in [0.05, 0.1) is 11.8 Å². The van der Waals surface area contributed by atoms with Crippen molar-refractivity contribution in [3.63, 3.8) is 0 Å². The molecule has 0 amide bonds. The van der Waals surface area contributed by atoms with E-state index in [1.165, 1.54) is 16.5 Å². The van der Waals surface area contributed by atoms with Crippen LogP contribution in [0.4, 0.5) is 5.69 Å². The first-order chi connectivity index (χ1) is 9.91. The zero-order chi connectivity index (χ0) is 15.6. The minimum atomic E-state index is -1.10. The molecule has 2 unspecified atom stereocenters. The van der Waals surface area contributed by atoms with Crippen LogP contribution in [0.1, 0.15) is 6.92 Å². The van der Waals surface area contributed by atoms with Crippen LogP contribution in [0.3, 0.4) is 0 Å². The number of anilines is 1. The Hall–Kier alpha value is -2.26. The summed E-state index contributed by atoms with van der Waals surface area (Å²) in [6.45, 7) is 1.44. The van der Waals surface area contributed by atoms with E-state index < -0.39 is 18.1 Å². The molecule has 0 bridgehead atoms. The molecule has 2 rings (SSSR count). The third-order valence-electron chi connectivity index (χ3n) is 3.09. The fourth-order valence-electron chi connectivity index (χ4n) is 2.07. The van der Waals surface area contributed by atoms with Crippen molar-refractivity contribution in [1.29, 1.82) is 0 Å². The third-order valence-corrected chi connectivity index (χ3v) is 3.36. The molecule has 9 heteroatoms. The molecule has 0 saturated carbocycles. The molecular weight excluding hydrogens is 294 g/mol. The topological polar surface area (TPSA) is 107 Å². The summed E-state index contributed by atoms with van der Waals surface area (Å²) in [5.74, 6) is -1.10. The lowest BCUT2D eigenvalue weighted by molar-refractivity contribution is -0.140. The lowest BCUT2D eigenvalue weighted by Crippen LogP contribution is -2.46. The van der Waals surface area contributed by atoms with Gasteiger partial charge in [-0.25, -0.2) is 9.48 Å². The molecule has 2 atom stereocenters. The Morgan fingerprint density at radius 2 is 2.24 bits per heavy atom. The van der Waals surface area contributed by atoms with Gasteiger partial charge in [0, 0.05) is 12.7 Å². The van der Waals surface area contributed by atoms with Crippen LogP contribution in [0.15, 0.2) is 24.3 Å². The summed E-state index contributed by atoms with van der Waals surface area (Å²) in [5.41, 5.74) is 1.29. The van der Waals surface area contributed by atoms with Crippen LogP contribution in [0, 0.1) is 4.77 Å². The number of H-pyrrole nitrogens is 1. The number of hydrogen-bond acceptors (Lipinski definition) is 6. The number of aromatic nitrogens is 4. The number of hydrogen-bond donors (Lipinski definition) is 3. The van der Waals surface area contributed by atoms with Crippen LogP contribution in [0.5, 0.6) is 0 Å². The predicted molar refractivity (Wildman–Crippen MR) is 78.1 cm³/mol. The minimum absolute atomic E-state index is 0.264. The van der Waals surface area contributed by atoms with Gasteiger partial charge in [0.1, 0.15) is 0 Å². The molecule has 0 aliphatic rings. The van der Waals surface area contributed by atoms with Gasteiger partial charge in [-0.15, -0.1) is 0 Å². The van der Waals surface area contributed by atoms with E-state index in [1.807, 2.05) is 0 Å². The molecule has 2 aromatic rings. The second-order valence-corrected chi connectivity index (χ2v) is 4.94. The number of aliphatic hydroxyl groups is 1. The van der Waals surface area contributed by atoms with Gasteiger partial charge in [-0.3, -0.25) is 0 Å². The molecule has 1 heterocycles. The van der Waals surface area contributed by atoms with E-state index in [9.17, 15) is 15.0 Å². The van der Waals surface area contributed by atoms with Crippen LogP contribution in [-0.4, -0.2) is 55.6 Å². The number of aromatic amines is 1.